The Hall–Kier alpha value is -3.65. The van der Waals surface area contributed by atoms with Crippen LogP contribution in [0.3, 0.4) is 0 Å². The predicted octanol–water partition coefficient (Wildman–Crippen LogP) is 10.5. The van der Waals surface area contributed by atoms with E-state index in [1.54, 1.807) is 0 Å². The first kappa shape index (κ1) is 34.8. The van der Waals surface area contributed by atoms with Crippen molar-refractivity contribution in [1.82, 2.24) is 0 Å². The molecule has 5 nitrogen and oxygen atoms in total. The minimum absolute atomic E-state index is 0.146. The van der Waals surface area contributed by atoms with Crippen molar-refractivity contribution in [2.24, 2.45) is 0 Å². The van der Waals surface area contributed by atoms with Crippen molar-refractivity contribution in [2.45, 2.75) is 71.1 Å². The maximum Gasteiger partial charge on any atom is 0.210 e. The van der Waals surface area contributed by atoms with Crippen LogP contribution in [-0.4, -0.2) is 29.1 Å². The highest BCUT2D eigenvalue weighted by Crippen LogP contribution is 2.51. The van der Waals surface area contributed by atoms with Crippen molar-refractivity contribution in [1.29, 1.82) is 0 Å². The van der Waals surface area contributed by atoms with Gasteiger partial charge in [-0.15, -0.1) is 0 Å². The minimum Gasteiger partial charge on any atom is -0.691 e. The first-order valence-corrected chi connectivity index (χ1v) is 19.0. The van der Waals surface area contributed by atoms with Crippen LogP contribution in [0.2, 0.25) is 0 Å². The lowest BCUT2D eigenvalue weighted by Crippen LogP contribution is -2.28. The summed E-state index contributed by atoms with van der Waals surface area (Å²) in [6, 6.07) is 26.3. The van der Waals surface area contributed by atoms with Gasteiger partial charge >= 0.3 is 0 Å². The van der Waals surface area contributed by atoms with Gasteiger partial charge in [-0.3, -0.25) is 5.04 Å². The van der Waals surface area contributed by atoms with Gasteiger partial charge in [0.1, 0.15) is 6.54 Å². The number of fused-ring (bicyclic) bond motifs is 6. The van der Waals surface area contributed by atoms with E-state index in [-0.39, 0.29) is 10.8 Å². The highest BCUT2D eigenvalue weighted by atomic mass is 35.5. The third-order valence-corrected chi connectivity index (χ3v) is 11.8. The third kappa shape index (κ3) is 6.05. The third-order valence-electron chi connectivity index (χ3n) is 10.8. The molecule has 7 rings (SSSR count). The number of halogens is 1. The Balaban J connectivity index is 1.24. The van der Waals surface area contributed by atoms with E-state index in [1.807, 2.05) is 0 Å². The lowest BCUT2D eigenvalue weighted by atomic mass is 9.78. The van der Waals surface area contributed by atoms with Crippen LogP contribution in [0.1, 0.15) is 71.4 Å². The van der Waals surface area contributed by atoms with Crippen LogP contribution in [0.15, 0.2) is 119 Å². The van der Waals surface area contributed by atoms with E-state index in [4.69, 9.17) is 11.6 Å². The lowest BCUT2D eigenvalue weighted by molar-refractivity contribution is -0.777. The average Bonchev–Trinajstić information content (AvgIpc) is 3.47. The van der Waals surface area contributed by atoms with E-state index in [0.29, 0.717) is 12.3 Å². The number of anilines is 1. The number of allylic oxidation sites excluding steroid dienone is 8. The summed E-state index contributed by atoms with van der Waals surface area (Å²) in [5.41, 5.74) is 9.66. The molecule has 50 heavy (non-hydrogen) atoms. The van der Waals surface area contributed by atoms with Gasteiger partial charge in [0.2, 0.25) is 5.69 Å². The molecule has 0 aromatic heterocycles. The Labute approximate surface area is 305 Å². The van der Waals surface area contributed by atoms with Crippen LogP contribution in [-0.2, 0) is 20.2 Å². The van der Waals surface area contributed by atoms with Gasteiger partial charge < -0.3 is 10.2 Å². The van der Waals surface area contributed by atoms with E-state index in [0.717, 1.165) is 54.9 Å². The van der Waals surface area contributed by atoms with Gasteiger partial charge in [-0.25, -0.2) is 0 Å². The van der Waals surface area contributed by atoms with Crippen molar-refractivity contribution in [3.8, 4) is 0 Å². The molecule has 0 amide bonds. The summed E-state index contributed by atoms with van der Waals surface area (Å²) in [6.45, 7) is 13.2. The summed E-state index contributed by atoms with van der Waals surface area (Å²) in [5, 5.41) is 20.0. The number of nitrogens with zero attached hydrogens (tertiary/aromatic N) is 2. The molecule has 0 saturated carbocycles. The zero-order valence-electron chi connectivity index (χ0n) is 29.6. The molecule has 3 aliphatic rings. The smallest absolute Gasteiger partial charge is 0.210 e. The maximum absolute atomic E-state index is 10.5. The summed E-state index contributed by atoms with van der Waals surface area (Å²) >= 11 is 8.30. The highest BCUT2D eigenvalue weighted by Gasteiger charge is 2.45. The molecule has 0 saturated heterocycles. The number of hydrogen-bond acceptors (Lipinski definition) is 5. The quantitative estimate of drug-likeness (QED) is 0.0541. The van der Waals surface area contributed by atoms with Crippen molar-refractivity contribution < 1.29 is 19.2 Å². The van der Waals surface area contributed by atoms with E-state index in [1.165, 1.54) is 61.0 Å². The van der Waals surface area contributed by atoms with Crippen molar-refractivity contribution in [2.75, 3.05) is 23.7 Å². The topological polar surface area (TPSA) is 47.8 Å². The maximum atomic E-state index is 10.5. The fraction of sp³-hybridized carbons (Fsp3) is 0.326. The van der Waals surface area contributed by atoms with Crippen LogP contribution in [0.4, 0.5) is 11.4 Å². The molecule has 2 heterocycles. The van der Waals surface area contributed by atoms with Crippen molar-refractivity contribution in [3.05, 3.63) is 130 Å². The van der Waals surface area contributed by atoms with Gasteiger partial charge in [0, 0.05) is 70.3 Å². The van der Waals surface area contributed by atoms with E-state index >= 15 is 0 Å². The summed E-state index contributed by atoms with van der Waals surface area (Å²) in [5.74, 6) is 0.567. The molecule has 0 unspecified atom stereocenters. The second kappa shape index (κ2) is 14.2. The highest BCUT2D eigenvalue weighted by molar-refractivity contribution is 7.94. The summed E-state index contributed by atoms with van der Waals surface area (Å²) in [6.07, 6.45) is 13.1. The Morgan fingerprint density at radius 2 is 1.56 bits per heavy atom. The normalized spacial score (nSPS) is 19.9. The Morgan fingerprint density at radius 3 is 2.28 bits per heavy atom. The Bertz CT molecular complexity index is 2120. The molecule has 7 heteroatoms. The second-order valence-electron chi connectivity index (χ2n) is 14.5. The van der Waals surface area contributed by atoms with E-state index < -0.39 is 0 Å². The lowest BCUT2D eigenvalue weighted by Gasteiger charge is -2.27. The molecule has 258 valence electrons. The molecule has 2 aliphatic heterocycles. The Kier molecular flexibility index (Phi) is 9.86. The molecule has 0 atom stereocenters. The van der Waals surface area contributed by atoms with Gasteiger partial charge in [-0.05, 0) is 89.6 Å². The largest absolute Gasteiger partial charge is 0.691 e. The first-order valence-electron chi connectivity index (χ1n) is 17.7. The van der Waals surface area contributed by atoms with Gasteiger partial charge in [-0.2, -0.15) is 8.91 Å². The van der Waals surface area contributed by atoms with Crippen LogP contribution in [0, 0.1) is 0 Å². The number of hydrogen-bond donors (Lipinski definition) is 0. The molecule has 0 bridgehead atoms. The second-order valence-corrected chi connectivity index (χ2v) is 15.7. The Morgan fingerprint density at radius 1 is 0.860 bits per heavy atom. The zero-order valence-corrected chi connectivity index (χ0v) is 31.2. The minimum atomic E-state index is -0.256. The van der Waals surface area contributed by atoms with Gasteiger partial charge in [-0.1, -0.05) is 99.1 Å². The average molecular weight is 705 g/mol. The van der Waals surface area contributed by atoms with Crippen molar-refractivity contribution in [3.63, 3.8) is 0 Å². The van der Waals surface area contributed by atoms with Gasteiger partial charge in [0.15, 0.2) is 5.71 Å². The molecule has 1 aliphatic carbocycles. The molecular weight excluding hydrogens is 660 g/mol. The van der Waals surface area contributed by atoms with Crippen LogP contribution >= 0.6 is 23.6 Å². The predicted molar refractivity (Wildman–Crippen MR) is 208 cm³/mol. The van der Waals surface area contributed by atoms with Crippen LogP contribution in [0.5, 0.6) is 0 Å². The molecule has 0 fully saturated rings. The molecule has 4 aromatic rings. The van der Waals surface area contributed by atoms with Crippen LogP contribution < -0.4 is 10.2 Å². The summed E-state index contributed by atoms with van der Waals surface area (Å²) in [4.78, 5) is 2.35. The van der Waals surface area contributed by atoms with Crippen LogP contribution in [0.25, 0.3) is 21.5 Å². The van der Waals surface area contributed by atoms with Gasteiger partial charge in [0.25, 0.3) is 0 Å². The zero-order chi connectivity index (χ0) is 35.0. The molecular formula is C43H45ClN2O3S. The summed E-state index contributed by atoms with van der Waals surface area (Å²) < 4.78 is 7.13. The molecule has 0 spiro atoms. The number of rotatable bonds is 10. The number of benzene rings is 4. The van der Waals surface area contributed by atoms with E-state index in [2.05, 4.69) is 151 Å². The monoisotopic (exact) mass is 704 g/mol. The first-order chi connectivity index (χ1) is 24.2. The fourth-order valence-corrected chi connectivity index (χ4v) is 9.20. The standard InChI is InChI=1S/C43H45ClN2O3S/c1-6-26-45-35-22-18-29-12-7-9-16-33(29)39(35)42(2,3)37(45)24-20-31-14-11-15-32(41(31)44)21-25-38-43(4,5)40-34-17-10-8-13-30(34)19-23-36(40)46(38)27-28-50-49-48-47/h7-10,12-13,16-25H,6,11,14-15,26-28H2,1-5H3. The molecule has 0 radical (unpaired) electrons. The summed E-state index contributed by atoms with van der Waals surface area (Å²) in [7, 11) is 0. The van der Waals surface area contributed by atoms with E-state index in [9.17, 15) is 5.26 Å². The fourth-order valence-electron chi connectivity index (χ4n) is 8.53. The molecule has 0 N–H and O–H groups in total. The molecule has 4 aromatic carbocycles. The SMILES string of the molecule is CCC[N+]1=C(/C=C/C2=C(Cl)C(=C/C=C3/N(CCSOO[O-])c4ccc5ccccc5c4C3(C)C)/CCC2)C(C)(C)c2c1ccc1ccccc21. The van der Waals surface area contributed by atoms with Crippen molar-refractivity contribution >= 4 is 62.3 Å². The van der Waals surface area contributed by atoms with Gasteiger partial charge in [0.05, 0.1) is 5.41 Å².